The van der Waals surface area contributed by atoms with Crippen LogP contribution in [0, 0.1) is 17.8 Å². The van der Waals surface area contributed by atoms with E-state index in [0.29, 0.717) is 0 Å². The first-order valence-electron chi connectivity index (χ1n) is 2.91. The van der Waals surface area contributed by atoms with Crippen molar-refractivity contribution in [2.24, 2.45) is 5.92 Å². The van der Waals surface area contributed by atoms with E-state index < -0.39 is 5.97 Å². The monoisotopic (exact) mass is 126 g/mol. The van der Waals surface area contributed by atoms with Gasteiger partial charge in [0.05, 0.1) is 0 Å². The zero-order valence-corrected chi connectivity index (χ0v) is 5.64. The van der Waals surface area contributed by atoms with Crippen molar-refractivity contribution >= 4 is 5.97 Å². The third-order valence-corrected chi connectivity index (χ3v) is 1.04. The lowest BCUT2D eigenvalue weighted by Gasteiger charge is -1.92. The normalized spacial score (nSPS) is 11.3. The highest BCUT2D eigenvalue weighted by atomic mass is 16.4. The number of rotatable bonds is 1. The topological polar surface area (TPSA) is 37.3 Å². The molecule has 1 atom stereocenters. The molecule has 0 aromatic carbocycles. The average Bonchev–Trinajstić information content (AvgIpc) is 1.83. The summed E-state index contributed by atoms with van der Waals surface area (Å²) in [6.45, 7) is 3.87. The first-order chi connectivity index (χ1) is 4.16. The average molecular weight is 126 g/mol. The molecular formula is C7H10O2. The number of carboxylic acids is 1. The molecule has 0 amide bonds. The minimum Gasteiger partial charge on any atom is -0.472 e. The van der Waals surface area contributed by atoms with E-state index in [2.05, 4.69) is 11.8 Å². The molecule has 0 aliphatic carbocycles. The number of hydrogen-bond acceptors (Lipinski definition) is 1. The van der Waals surface area contributed by atoms with E-state index in [-0.39, 0.29) is 5.92 Å². The second kappa shape index (κ2) is 3.96. The van der Waals surface area contributed by atoms with Crippen molar-refractivity contribution < 1.29 is 9.90 Å². The van der Waals surface area contributed by atoms with Crippen molar-refractivity contribution in [1.29, 1.82) is 0 Å². The van der Waals surface area contributed by atoms with E-state index in [4.69, 9.17) is 5.11 Å². The molecule has 0 spiro atoms. The summed E-state index contributed by atoms with van der Waals surface area (Å²) < 4.78 is 0. The highest BCUT2D eigenvalue weighted by molar-refractivity contribution is 5.86. The van der Waals surface area contributed by atoms with Crippen LogP contribution >= 0.6 is 0 Å². The Morgan fingerprint density at radius 2 is 2.33 bits per heavy atom. The van der Waals surface area contributed by atoms with Crippen molar-refractivity contribution in [2.75, 3.05) is 0 Å². The SMILES string of the molecule is CC[C@H](C)C#CC(=O)O. The maximum atomic E-state index is 9.85. The Hall–Kier alpha value is -0.970. The molecule has 0 saturated heterocycles. The summed E-state index contributed by atoms with van der Waals surface area (Å²) in [4.78, 5) is 9.85. The summed E-state index contributed by atoms with van der Waals surface area (Å²) >= 11 is 0. The van der Waals surface area contributed by atoms with Gasteiger partial charge in [-0.15, -0.1) is 0 Å². The van der Waals surface area contributed by atoms with E-state index >= 15 is 0 Å². The quantitative estimate of drug-likeness (QED) is 0.534. The van der Waals surface area contributed by atoms with Crippen LogP contribution in [-0.4, -0.2) is 11.1 Å². The molecule has 0 heterocycles. The Kier molecular flexibility index (Phi) is 3.54. The van der Waals surface area contributed by atoms with Gasteiger partial charge >= 0.3 is 5.97 Å². The molecule has 0 aromatic heterocycles. The van der Waals surface area contributed by atoms with Gasteiger partial charge < -0.3 is 5.11 Å². The Morgan fingerprint density at radius 1 is 1.78 bits per heavy atom. The summed E-state index contributed by atoms with van der Waals surface area (Å²) in [6.07, 6.45) is 0.903. The van der Waals surface area contributed by atoms with Crippen LogP contribution in [0.2, 0.25) is 0 Å². The Bertz CT molecular complexity index is 150. The van der Waals surface area contributed by atoms with Crippen molar-refractivity contribution in [3.63, 3.8) is 0 Å². The molecule has 0 radical (unpaired) electrons. The van der Waals surface area contributed by atoms with Crippen LogP contribution in [0.25, 0.3) is 0 Å². The molecule has 0 unspecified atom stereocenters. The van der Waals surface area contributed by atoms with Gasteiger partial charge in [-0.1, -0.05) is 19.8 Å². The maximum absolute atomic E-state index is 9.85. The summed E-state index contributed by atoms with van der Waals surface area (Å²) in [5.74, 6) is 3.79. The summed E-state index contributed by atoms with van der Waals surface area (Å²) in [6, 6.07) is 0. The van der Waals surface area contributed by atoms with E-state index in [1.807, 2.05) is 13.8 Å². The van der Waals surface area contributed by atoms with Gasteiger partial charge in [0, 0.05) is 11.8 Å². The largest absolute Gasteiger partial charge is 0.472 e. The van der Waals surface area contributed by atoms with Gasteiger partial charge in [0.25, 0.3) is 0 Å². The fourth-order valence-corrected chi connectivity index (χ4v) is 0.287. The minimum absolute atomic E-state index is 0.195. The lowest BCUT2D eigenvalue weighted by atomic mass is 10.1. The van der Waals surface area contributed by atoms with Gasteiger partial charge in [-0.2, -0.15) is 0 Å². The minimum atomic E-state index is -1.05. The number of aliphatic carboxylic acids is 1. The second-order valence-electron chi connectivity index (χ2n) is 1.88. The second-order valence-corrected chi connectivity index (χ2v) is 1.88. The zero-order valence-electron chi connectivity index (χ0n) is 5.64. The summed E-state index contributed by atoms with van der Waals surface area (Å²) in [5, 5.41) is 8.08. The molecule has 0 fully saturated rings. The van der Waals surface area contributed by atoms with Gasteiger partial charge in [0.1, 0.15) is 0 Å². The Balaban J connectivity index is 3.72. The van der Waals surface area contributed by atoms with Gasteiger partial charge in [0.15, 0.2) is 0 Å². The van der Waals surface area contributed by atoms with E-state index in [1.165, 1.54) is 0 Å². The van der Waals surface area contributed by atoms with Crippen molar-refractivity contribution in [3.05, 3.63) is 0 Å². The third kappa shape index (κ3) is 4.89. The van der Waals surface area contributed by atoms with Crippen LogP contribution in [-0.2, 0) is 4.79 Å². The first kappa shape index (κ1) is 8.03. The highest BCUT2D eigenvalue weighted by Gasteiger charge is 1.90. The van der Waals surface area contributed by atoms with Crippen LogP contribution in [0.5, 0.6) is 0 Å². The summed E-state index contributed by atoms with van der Waals surface area (Å²) in [5.41, 5.74) is 0. The van der Waals surface area contributed by atoms with Crippen LogP contribution in [0.15, 0.2) is 0 Å². The molecule has 0 aromatic rings. The molecule has 9 heavy (non-hydrogen) atoms. The molecule has 0 aliphatic heterocycles. The molecule has 50 valence electrons. The van der Waals surface area contributed by atoms with E-state index in [9.17, 15) is 4.79 Å². The van der Waals surface area contributed by atoms with Crippen LogP contribution in [0.4, 0.5) is 0 Å². The molecule has 0 aliphatic rings. The number of carboxylic acid groups (broad SMARTS) is 1. The van der Waals surface area contributed by atoms with Gasteiger partial charge in [-0.05, 0) is 6.42 Å². The molecule has 2 nitrogen and oxygen atoms in total. The smallest absolute Gasteiger partial charge is 0.381 e. The molecule has 0 rings (SSSR count). The van der Waals surface area contributed by atoms with Crippen molar-refractivity contribution in [2.45, 2.75) is 20.3 Å². The van der Waals surface area contributed by atoms with Crippen molar-refractivity contribution in [3.8, 4) is 11.8 Å². The predicted molar refractivity (Wildman–Crippen MR) is 34.9 cm³/mol. The highest BCUT2D eigenvalue weighted by Crippen LogP contribution is 1.95. The van der Waals surface area contributed by atoms with Gasteiger partial charge in [-0.3, -0.25) is 0 Å². The van der Waals surface area contributed by atoms with E-state index in [1.54, 1.807) is 0 Å². The molecular weight excluding hydrogens is 116 g/mol. The molecule has 2 heteroatoms. The van der Waals surface area contributed by atoms with Crippen LogP contribution < -0.4 is 0 Å². The fraction of sp³-hybridized carbons (Fsp3) is 0.571. The van der Waals surface area contributed by atoms with Gasteiger partial charge in [-0.25, -0.2) is 4.79 Å². The molecule has 0 bridgehead atoms. The number of carbonyl (C=O) groups is 1. The van der Waals surface area contributed by atoms with Crippen molar-refractivity contribution in [1.82, 2.24) is 0 Å². The Morgan fingerprint density at radius 3 is 2.67 bits per heavy atom. The predicted octanol–water partition coefficient (Wildman–Crippen LogP) is 1.12. The van der Waals surface area contributed by atoms with Gasteiger partial charge in [0.2, 0.25) is 0 Å². The zero-order chi connectivity index (χ0) is 7.28. The molecule has 1 N–H and O–H groups in total. The van der Waals surface area contributed by atoms with Crippen LogP contribution in [0.1, 0.15) is 20.3 Å². The summed E-state index contributed by atoms with van der Waals surface area (Å²) in [7, 11) is 0. The van der Waals surface area contributed by atoms with E-state index in [0.717, 1.165) is 6.42 Å². The molecule has 0 saturated carbocycles. The lowest BCUT2D eigenvalue weighted by Crippen LogP contribution is -1.91. The first-order valence-corrected chi connectivity index (χ1v) is 2.91. The fourth-order valence-electron chi connectivity index (χ4n) is 0.287. The standard InChI is InChI=1S/C7H10O2/c1-3-6(2)4-5-7(8)9/h6H,3H2,1-2H3,(H,8,9)/t6-/m0/s1. The lowest BCUT2D eigenvalue weighted by molar-refractivity contribution is -0.130. The maximum Gasteiger partial charge on any atom is 0.381 e. The number of hydrogen-bond donors (Lipinski definition) is 1. The third-order valence-electron chi connectivity index (χ3n) is 1.04. The van der Waals surface area contributed by atoms with Crippen LogP contribution in [0.3, 0.4) is 0 Å². The Labute approximate surface area is 54.9 Å².